The van der Waals surface area contributed by atoms with Crippen molar-refractivity contribution in [2.75, 3.05) is 38.0 Å². The number of ether oxygens (including phenoxy) is 1. The zero-order chi connectivity index (χ0) is 24.1. The molecule has 0 bridgehead atoms. The Balaban J connectivity index is 1.41. The molecule has 1 fully saturated rings. The van der Waals surface area contributed by atoms with E-state index in [1.54, 1.807) is 31.6 Å². The lowest BCUT2D eigenvalue weighted by Gasteiger charge is -2.37. The summed E-state index contributed by atoms with van der Waals surface area (Å²) in [5.41, 5.74) is 2.97. The molecule has 1 aromatic carbocycles. The van der Waals surface area contributed by atoms with E-state index >= 15 is 0 Å². The predicted octanol–water partition coefficient (Wildman–Crippen LogP) is 5.59. The van der Waals surface area contributed by atoms with Crippen molar-refractivity contribution >= 4 is 29.2 Å². The summed E-state index contributed by atoms with van der Waals surface area (Å²) in [5.74, 6) is 0.285. The van der Waals surface area contributed by atoms with Gasteiger partial charge in [0, 0.05) is 68.0 Å². The van der Waals surface area contributed by atoms with Gasteiger partial charge in [-0.1, -0.05) is 23.7 Å². The molecule has 0 radical (unpaired) electrons. The number of aromatic nitrogens is 2. The van der Waals surface area contributed by atoms with E-state index in [1.165, 1.54) is 11.9 Å². The lowest BCUT2D eigenvalue weighted by Crippen LogP contribution is -2.48. The molecule has 2 aromatic heterocycles. The highest BCUT2D eigenvalue weighted by Crippen LogP contribution is 2.31. The van der Waals surface area contributed by atoms with Crippen LogP contribution in [-0.2, 0) is 6.54 Å². The van der Waals surface area contributed by atoms with E-state index in [1.807, 2.05) is 24.3 Å². The monoisotopic (exact) mass is 501 g/mol. The number of hydrogen-bond acceptors (Lipinski definition) is 7. The van der Waals surface area contributed by atoms with Gasteiger partial charge in [0.15, 0.2) is 0 Å². The Morgan fingerprint density at radius 2 is 1.91 bits per heavy atom. The van der Waals surface area contributed by atoms with Gasteiger partial charge in [-0.05, 0) is 50.1 Å². The standard InChI is InChI=1S/C25H29ClFN5OS/c1-17(2)32-10-8-31(9-11-32)16-19-5-4-18(12-22(19)27)23-14-21(6-7-28-23)30-34-24-13-20(26)15-29-25(24)33-3/h4-7,12-15,17H,8-11,16H2,1-3H3,(H,28,30). The second kappa shape index (κ2) is 11.4. The average molecular weight is 502 g/mol. The van der Waals surface area contributed by atoms with E-state index in [0.29, 0.717) is 34.7 Å². The molecule has 180 valence electrons. The fourth-order valence-corrected chi connectivity index (χ4v) is 4.90. The first-order chi connectivity index (χ1) is 16.4. The third-order valence-corrected chi connectivity index (χ3v) is 6.95. The summed E-state index contributed by atoms with van der Waals surface area (Å²) in [5, 5.41) is 0.526. The van der Waals surface area contributed by atoms with Gasteiger partial charge in [-0.3, -0.25) is 14.8 Å². The molecular weight excluding hydrogens is 473 g/mol. The number of nitrogens with zero attached hydrogens (tertiary/aromatic N) is 4. The molecule has 0 saturated carbocycles. The van der Waals surface area contributed by atoms with Crippen LogP contribution in [0.2, 0.25) is 5.02 Å². The topological polar surface area (TPSA) is 53.5 Å². The van der Waals surface area contributed by atoms with Crippen molar-refractivity contribution in [2.24, 2.45) is 0 Å². The minimum Gasteiger partial charge on any atom is -0.480 e. The fourth-order valence-electron chi connectivity index (χ4n) is 3.91. The van der Waals surface area contributed by atoms with Crippen LogP contribution >= 0.6 is 23.5 Å². The van der Waals surface area contributed by atoms with Crippen LogP contribution in [0.1, 0.15) is 19.4 Å². The van der Waals surface area contributed by atoms with Crippen LogP contribution < -0.4 is 9.46 Å². The van der Waals surface area contributed by atoms with Crippen LogP contribution in [0.15, 0.2) is 53.7 Å². The summed E-state index contributed by atoms with van der Waals surface area (Å²) < 4.78 is 23.5. The number of benzene rings is 1. The maximum absolute atomic E-state index is 15.0. The van der Waals surface area contributed by atoms with Gasteiger partial charge in [-0.2, -0.15) is 0 Å². The highest BCUT2D eigenvalue weighted by molar-refractivity contribution is 8.00. The van der Waals surface area contributed by atoms with Crippen molar-refractivity contribution in [2.45, 2.75) is 31.3 Å². The van der Waals surface area contributed by atoms with Gasteiger partial charge in [0.1, 0.15) is 5.82 Å². The van der Waals surface area contributed by atoms with Gasteiger partial charge in [-0.15, -0.1) is 0 Å². The Kier molecular flexibility index (Phi) is 8.26. The first-order valence-corrected chi connectivity index (χ1v) is 12.5. The number of pyridine rings is 2. The number of anilines is 1. The van der Waals surface area contributed by atoms with Gasteiger partial charge in [0.25, 0.3) is 0 Å². The van der Waals surface area contributed by atoms with Crippen molar-refractivity contribution in [3.05, 3.63) is 65.2 Å². The number of rotatable bonds is 8. The molecule has 3 aromatic rings. The number of piperazine rings is 1. The van der Waals surface area contributed by atoms with Crippen LogP contribution in [0.3, 0.4) is 0 Å². The van der Waals surface area contributed by atoms with Crippen LogP contribution in [0, 0.1) is 5.82 Å². The quantitative estimate of drug-likeness (QED) is 0.404. The van der Waals surface area contributed by atoms with Crippen molar-refractivity contribution in [1.29, 1.82) is 0 Å². The van der Waals surface area contributed by atoms with E-state index in [-0.39, 0.29) is 5.82 Å². The normalized spacial score (nSPS) is 15.0. The predicted molar refractivity (Wildman–Crippen MR) is 137 cm³/mol. The fraction of sp³-hybridized carbons (Fsp3) is 0.360. The molecule has 0 atom stereocenters. The largest absolute Gasteiger partial charge is 0.480 e. The summed E-state index contributed by atoms with van der Waals surface area (Å²) in [6, 6.07) is 11.5. The van der Waals surface area contributed by atoms with Crippen molar-refractivity contribution in [3.8, 4) is 17.1 Å². The molecule has 34 heavy (non-hydrogen) atoms. The summed E-state index contributed by atoms with van der Waals surface area (Å²) in [6.07, 6.45) is 3.24. The molecule has 0 amide bonds. The van der Waals surface area contributed by atoms with Crippen LogP contribution in [0.5, 0.6) is 5.88 Å². The number of methoxy groups -OCH3 is 1. The molecule has 4 rings (SSSR count). The molecule has 0 aliphatic carbocycles. The lowest BCUT2D eigenvalue weighted by molar-refractivity contribution is 0.103. The van der Waals surface area contributed by atoms with Crippen molar-refractivity contribution in [3.63, 3.8) is 0 Å². The van der Waals surface area contributed by atoms with Crippen LogP contribution in [-0.4, -0.2) is 59.1 Å². The van der Waals surface area contributed by atoms with Gasteiger partial charge < -0.3 is 9.46 Å². The van der Waals surface area contributed by atoms with Crippen molar-refractivity contribution in [1.82, 2.24) is 19.8 Å². The molecule has 6 nitrogen and oxygen atoms in total. The van der Waals surface area contributed by atoms with Crippen molar-refractivity contribution < 1.29 is 9.13 Å². The maximum atomic E-state index is 15.0. The van der Waals surface area contributed by atoms with E-state index in [2.05, 4.69) is 38.3 Å². The molecule has 1 aliphatic heterocycles. The molecular formula is C25H29ClFN5OS. The molecule has 3 heterocycles. The zero-order valence-corrected chi connectivity index (χ0v) is 21.2. The molecule has 0 spiro atoms. The highest BCUT2D eigenvalue weighted by Gasteiger charge is 2.20. The smallest absolute Gasteiger partial charge is 0.228 e. The van der Waals surface area contributed by atoms with Gasteiger partial charge in [0.2, 0.25) is 5.88 Å². The Bertz CT molecular complexity index is 1120. The lowest BCUT2D eigenvalue weighted by atomic mass is 10.1. The minimum absolute atomic E-state index is 0.201. The van der Waals surface area contributed by atoms with E-state index in [0.717, 1.165) is 42.3 Å². The summed E-state index contributed by atoms with van der Waals surface area (Å²) in [7, 11) is 1.56. The first-order valence-electron chi connectivity index (χ1n) is 11.3. The summed E-state index contributed by atoms with van der Waals surface area (Å²) in [6.45, 7) is 9.03. The SMILES string of the molecule is COc1ncc(Cl)cc1SNc1ccnc(-c2ccc(CN3CCN(C(C)C)CC3)c(F)c2)c1. The number of halogens is 2. The summed E-state index contributed by atoms with van der Waals surface area (Å²) >= 11 is 7.40. The second-order valence-corrected chi connectivity index (χ2v) is 9.79. The van der Waals surface area contributed by atoms with Crippen LogP contribution in [0.4, 0.5) is 10.1 Å². The maximum Gasteiger partial charge on any atom is 0.228 e. The minimum atomic E-state index is -0.201. The first kappa shape index (κ1) is 24.7. The third-order valence-electron chi connectivity index (χ3n) is 5.90. The average Bonchev–Trinajstić information content (AvgIpc) is 2.84. The number of hydrogen-bond donors (Lipinski definition) is 1. The second-order valence-electron chi connectivity index (χ2n) is 8.51. The van der Waals surface area contributed by atoms with Crippen LogP contribution in [0.25, 0.3) is 11.3 Å². The molecule has 9 heteroatoms. The molecule has 0 unspecified atom stereocenters. The Labute approximate surface area is 209 Å². The van der Waals surface area contributed by atoms with E-state index in [9.17, 15) is 4.39 Å². The van der Waals surface area contributed by atoms with E-state index in [4.69, 9.17) is 16.3 Å². The molecule has 1 saturated heterocycles. The summed E-state index contributed by atoms with van der Waals surface area (Å²) in [4.78, 5) is 14.1. The van der Waals surface area contributed by atoms with Gasteiger partial charge in [-0.25, -0.2) is 9.37 Å². The van der Waals surface area contributed by atoms with Gasteiger partial charge >= 0.3 is 0 Å². The van der Waals surface area contributed by atoms with E-state index < -0.39 is 0 Å². The Morgan fingerprint density at radius 3 is 2.62 bits per heavy atom. The number of nitrogens with one attached hydrogen (secondary N) is 1. The van der Waals surface area contributed by atoms with Gasteiger partial charge in [0.05, 0.1) is 22.7 Å². The Hall–Kier alpha value is -2.39. The third kappa shape index (κ3) is 6.18. The molecule has 1 N–H and O–H groups in total. The zero-order valence-electron chi connectivity index (χ0n) is 19.6. The molecule has 1 aliphatic rings. The highest BCUT2D eigenvalue weighted by atomic mass is 35.5. The Morgan fingerprint density at radius 1 is 1.12 bits per heavy atom.